The highest BCUT2D eigenvalue weighted by molar-refractivity contribution is 5.20. The number of benzene rings is 1. The molecule has 1 heteroatoms. The second-order valence-electron chi connectivity index (χ2n) is 3.78. The topological polar surface area (TPSA) is 12.0 Å². The molecule has 1 aromatic rings. The lowest BCUT2D eigenvalue weighted by Gasteiger charge is -2.05. The second-order valence-corrected chi connectivity index (χ2v) is 3.78. The van der Waals surface area contributed by atoms with Gasteiger partial charge >= 0.3 is 0 Å². The molecule has 0 fully saturated rings. The predicted octanol–water partition coefficient (Wildman–Crippen LogP) is 3.69. The zero-order valence-corrected chi connectivity index (χ0v) is 10.2. The maximum absolute atomic E-state index is 3.45. The Morgan fingerprint density at radius 2 is 2.00 bits per heavy atom. The molecule has 1 nitrogen and oxygen atoms in total. The molecule has 1 rings (SSSR count). The first kappa shape index (κ1) is 12.7. The first-order chi connectivity index (χ1) is 7.86. The van der Waals surface area contributed by atoms with Crippen molar-refractivity contribution < 1.29 is 0 Å². The highest BCUT2D eigenvalue weighted by Crippen LogP contribution is 2.00. The van der Waals surface area contributed by atoms with Gasteiger partial charge in [0.25, 0.3) is 0 Å². The van der Waals surface area contributed by atoms with Gasteiger partial charge in [-0.3, -0.25) is 0 Å². The number of hydrogen-bond donors (Lipinski definition) is 1. The Kier molecular flexibility index (Phi) is 6.28. The average molecular weight is 215 g/mol. The molecule has 0 aromatic heterocycles. The molecule has 0 saturated carbocycles. The Morgan fingerprint density at radius 3 is 2.62 bits per heavy atom. The predicted molar refractivity (Wildman–Crippen MR) is 71.3 cm³/mol. The minimum Gasteiger partial charge on any atom is -0.309 e. The van der Waals surface area contributed by atoms with Crippen LogP contribution in [-0.4, -0.2) is 6.54 Å². The fourth-order valence-corrected chi connectivity index (χ4v) is 1.62. The van der Waals surface area contributed by atoms with Gasteiger partial charge in [-0.2, -0.15) is 0 Å². The van der Waals surface area contributed by atoms with Crippen LogP contribution < -0.4 is 5.32 Å². The molecule has 0 aliphatic carbocycles. The van der Waals surface area contributed by atoms with Crippen molar-refractivity contribution in [3.63, 3.8) is 0 Å². The molecule has 1 aromatic carbocycles. The van der Waals surface area contributed by atoms with Crippen molar-refractivity contribution in [3.8, 4) is 0 Å². The smallest absolute Gasteiger partial charge is 0.0208 e. The SMILES string of the molecule is C/C=C\C(=C/CC)CNCc1ccccc1. The van der Waals surface area contributed by atoms with Crippen LogP contribution in [0.2, 0.25) is 0 Å². The molecular formula is C15H21N. The van der Waals surface area contributed by atoms with Gasteiger partial charge in [-0.25, -0.2) is 0 Å². The molecule has 0 bridgehead atoms. The van der Waals surface area contributed by atoms with Crippen molar-refractivity contribution in [1.29, 1.82) is 0 Å². The van der Waals surface area contributed by atoms with Crippen LogP contribution in [0.25, 0.3) is 0 Å². The Balaban J connectivity index is 2.37. The molecule has 0 atom stereocenters. The summed E-state index contributed by atoms with van der Waals surface area (Å²) in [5.41, 5.74) is 2.69. The molecule has 0 spiro atoms. The molecule has 0 heterocycles. The van der Waals surface area contributed by atoms with Crippen LogP contribution in [0, 0.1) is 0 Å². The molecule has 1 N–H and O–H groups in total. The number of nitrogens with one attached hydrogen (secondary N) is 1. The average Bonchev–Trinajstić information content (AvgIpc) is 2.31. The maximum atomic E-state index is 3.45. The van der Waals surface area contributed by atoms with E-state index in [1.165, 1.54) is 11.1 Å². The lowest BCUT2D eigenvalue weighted by molar-refractivity contribution is 0.745. The first-order valence-electron chi connectivity index (χ1n) is 5.93. The first-order valence-corrected chi connectivity index (χ1v) is 5.93. The summed E-state index contributed by atoms with van der Waals surface area (Å²) < 4.78 is 0. The normalized spacial score (nSPS) is 12.2. The van der Waals surface area contributed by atoms with Crippen LogP contribution in [0.4, 0.5) is 0 Å². The van der Waals surface area contributed by atoms with E-state index in [0.717, 1.165) is 19.5 Å². The number of hydrogen-bond acceptors (Lipinski definition) is 1. The van der Waals surface area contributed by atoms with Gasteiger partial charge in [-0.15, -0.1) is 0 Å². The molecule has 0 radical (unpaired) electrons. The lowest BCUT2D eigenvalue weighted by Crippen LogP contribution is -2.15. The van der Waals surface area contributed by atoms with Gasteiger partial charge in [0, 0.05) is 13.1 Å². The van der Waals surface area contributed by atoms with Gasteiger partial charge in [-0.05, 0) is 24.5 Å². The van der Waals surface area contributed by atoms with Crippen LogP contribution in [0.1, 0.15) is 25.8 Å². The molecule has 16 heavy (non-hydrogen) atoms. The number of rotatable bonds is 6. The lowest BCUT2D eigenvalue weighted by atomic mass is 10.2. The van der Waals surface area contributed by atoms with Crippen LogP contribution in [0.5, 0.6) is 0 Å². The van der Waals surface area contributed by atoms with E-state index < -0.39 is 0 Å². The van der Waals surface area contributed by atoms with E-state index in [2.05, 4.69) is 61.7 Å². The van der Waals surface area contributed by atoms with Crippen molar-refractivity contribution in [2.75, 3.05) is 6.54 Å². The van der Waals surface area contributed by atoms with Gasteiger partial charge in [0.2, 0.25) is 0 Å². The summed E-state index contributed by atoms with van der Waals surface area (Å²) in [4.78, 5) is 0. The summed E-state index contributed by atoms with van der Waals surface area (Å²) in [6.07, 6.45) is 7.61. The van der Waals surface area contributed by atoms with Crippen molar-refractivity contribution in [2.24, 2.45) is 0 Å². The third kappa shape index (κ3) is 4.94. The fraction of sp³-hybridized carbons (Fsp3) is 0.333. The third-order valence-electron chi connectivity index (χ3n) is 2.35. The third-order valence-corrected chi connectivity index (χ3v) is 2.35. The van der Waals surface area contributed by atoms with Crippen LogP contribution in [0.15, 0.2) is 54.1 Å². The fourth-order valence-electron chi connectivity index (χ4n) is 1.62. The van der Waals surface area contributed by atoms with E-state index in [-0.39, 0.29) is 0 Å². The highest BCUT2D eigenvalue weighted by Gasteiger charge is 1.93. The van der Waals surface area contributed by atoms with E-state index in [0.29, 0.717) is 0 Å². The summed E-state index contributed by atoms with van der Waals surface area (Å²) in [7, 11) is 0. The van der Waals surface area contributed by atoms with Gasteiger partial charge in [0.05, 0.1) is 0 Å². The molecule has 86 valence electrons. The van der Waals surface area contributed by atoms with Crippen LogP contribution in [0.3, 0.4) is 0 Å². The summed E-state index contributed by atoms with van der Waals surface area (Å²) in [5, 5.41) is 3.45. The quantitative estimate of drug-likeness (QED) is 0.714. The molecule has 0 amide bonds. The van der Waals surface area contributed by atoms with Crippen molar-refractivity contribution >= 4 is 0 Å². The minimum atomic E-state index is 0.930. The summed E-state index contributed by atoms with van der Waals surface area (Å²) in [6, 6.07) is 10.5. The molecule has 0 saturated heterocycles. The summed E-state index contributed by atoms with van der Waals surface area (Å²) in [6.45, 7) is 6.09. The van der Waals surface area contributed by atoms with E-state index in [4.69, 9.17) is 0 Å². The van der Waals surface area contributed by atoms with E-state index in [9.17, 15) is 0 Å². The molecule has 0 aliphatic heterocycles. The summed E-state index contributed by atoms with van der Waals surface area (Å²) in [5.74, 6) is 0. The maximum Gasteiger partial charge on any atom is 0.0208 e. The zero-order chi connectivity index (χ0) is 11.6. The standard InChI is InChI=1S/C15H21N/c1-3-8-14(9-4-2)12-16-13-15-10-6-5-7-11-15/h3,5-11,16H,4,12-13H2,1-2H3/b8-3-,14-9+. The van der Waals surface area contributed by atoms with Gasteiger partial charge < -0.3 is 5.32 Å². The van der Waals surface area contributed by atoms with Crippen molar-refractivity contribution in [1.82, 2.24) is 5.32 Å². The van der Waals surface area contributed by atoms with Crippen LogP contribution >= 0.6 is 0 Å². The largest absolute Gasteiger partial charge is 0.309 e. The van der Waals surface area contributed by atoms with Gasteiger partial charge in [-0.1, -0.05) is 55.5 Å². The van der Waals surface area contributed by atoms with E-state index >= 15 is 0 Å². The Hall–Kier alpha value is -1.34. The highest BCUT2D eigenvalue weighted by atomic mass is 14.8. The Morgan fingerprint density at radius 1 is 1.25 bits per heavy atom. The van der Waals surface area contributed by atoms with Gasteiger partial charge in [0.15, 0.2) is 0 Å². The summed E-state index contributed by atoms with van der Waals surface area (Å²) >= 11 is 0. The molecule has 0 aliphatic rings. The van der Waals surface area contributed by atoms with Crippen molar-refractivity contribution in [3.05, 3.63) is 59.7 Å². The molecule has 0 unspecified atom stereocenters. The Bertz CT molecular complexity index is 336. The molecular weight excluding hydrogens is 194 g/mol. The Labute approximate surface area is 98.9 Å². The van der Waals surface area contributed by atoms with Crippen LogP contribution in [-0.2, 0) is 6.54 Å². The van der Waals surface area contributed by atoms with E-state index in [1.807, 2.05) is 6.07 Å². The minimum absolute atomic E-state index is 0.930. The van der Waals surface area contributed by atoms with E-state index in [1.54, 1.807) is 0 Å². The zero-order valence-electron chi connectivity index (χ0n) is 10.2. The number of allylic oxidation sites excluding steroid dienone is 2. The monoisotopic (exact) mass is 215 g/mol. The second kappa shape index (κ2) is 7.89. The van der Waals surface area contributed by atoms with Crippen molar-refractivity contribution in [2.45, 2.75) is 26.8 Å². The van der Waals surface area contributed by atoms with Gasteiger partial charge in [0.1, 0.15) is 0 Å².